The van der Waals surface area contributed by atoms with Gasteiger partial charge in [-0.25, -0.2) is 0 Å². The third kappa shape index (κ3) is 8.97. The van der Waals surface area contributed by atoms with Gasteiger partial charge in [0.2, 0.25) is 0 Å². The smallest absolute Gasteiger partial charge is 0.161 e. The van der Waals surface area contributed by atoms with Crippen molar-refractivity contribution in [2.75, 3.05) is 47.1 Å². The maximum absolute atomic E-state index is 10.7. The molecule has 1 heterocycles. The van der Waals surface area contributed by atoms with Crippen molar-refractivity contribution >= 4 is 0 Å². The highest BCUT2D eigenvalue weighted by atomic mass is 16.5. The molecule has 3 N–H and O–H groups in total. The molecule has 0 bridgehead atoms. The molecule has 1 aromatic rings. The van der Waals surface area contributed by atoms with Crippen LogP contribution >= 0.6 is 0 Å². The lowest BCUT2D eigenvalue weighted by Gasteiger charge is -2.32. The summed E-state index contributed by atoms with van der Waals surface area (Å²) in [5.74, 6) is 2.38. The molecule has 1 aromatic carbocycles. The van der Waals surface area contributed by atoms with Gasteiger partial charge in [0.05, 0.1) is 19.8 Å². The van der Waals surface area contributed by atoms with Crippen molar-refractivity contribution < 1.29 is 19.3 Å². The molecule has 1 unspecified atom stereocenters. The Balaban J connectivity index is 1.96. The van der Waals surface area contributed by atoms with Crippen LogP contribution in [0.25, 0.3) is 0 Å². The van der Waals surface area contributed by atoms with E-state index in [4.69, 9.17) is 19.9 Å². The summed E-state index contributed by atoms with van der Waals surface area (Å²) in [4.78, 5) is 2.36. The van der Waals surface area contributed by atoms with Gasteiger partial charge in [-0.05, 0) is 68.3 Å². The van der Waals surface area contributed by atoms with Gasteiger partial charge in [0.1, 0.15) is 0 Å². The van der Waals surface area contributed by atoms with Crippen molar-refractivity contribution in [1.29, 1.82) is 0 Å². The first-order valence-electron chi connectivity index (χ1n) is 11.9. The topological polar surface area (TPSA) is 77.2 Å². The van der Waals surface area contributed by atoms with Crippen LogP contribution in [0.1, 0.15) is 51.5 Å². The first-order valence-corrected chi connectivity index (χ1v) is 11.9. The van der Waals surface area contributed by atoms with Crippen LogP contribution < -0.4 is 15.2 Å². The molecule has 0 aromatic heterocycles. The molecular weight excluding hydrogens is 392 g/mol. The Hall–Kier alpha value is -1.34. The average Bonchev–Trinajstić information content (AvgIpc) is 2.77. The molecule has 1 fully saturated rings. The van der Waals surface area contributed by atoms with Crippen LogP contribution in [-0.2, 0) is 11.2 Å². The molecule has 6 nitrogen and oxygen atoms in total. The number of aliphatic hydroxyl groups is 1. The highest BCUT2D eigenvalue weighted by molar-refractivity contribution is 5.43. The van der Waals surface area contributed by atoms with Gasteiger partial charge in [-0.2, -0.15) is 0 Å². The lowest BCUT2D eigenvalue weighted by Crippen LogP contribution is -2.46. The van der Waals surface area contributed by atoms with E-state index in [1.807, 2.05) is 6.07 Å². The van der Waals surface area contributed by atoms with Gasteiger partial charge in [-0.1, -0.05) is 26.3 Å². The van der Waals surface area contributed by atoms with E-state index in [2.05, 4.69) is 30.9 Å². The minimum absolute atomic E-state index is 0.211. The number of likely N-dealkylation sites (tertiary alicyclic amines) is 1. The van der Waals surface area contributed by atoms with Crippen molar-refractivity contribution in [3.63, 3.8) is 0 Å². The van der Waals surface area contributed by atoms with Crippen molar-refractivity contribution in [2.45, 2.75) is 64.5 Å². The number of nitrogens with two attached hydrogens (primary N) is 1. The second-order valence-corrected chi connectivity index (χ2v) is 9.22. The van der Waals surface area contributed by atoms with Crippen LogP contribution in [-0.4, -0.2) is 69.2 Å². The van der Waals surface area contributed by atoms with Gasteiger partial charge in [0.15, 0.2) is 11.5 Å². The number of rotatable bonds is 14. The van der Waals surface area contributed by atoms with Crippen LogP contribution in [0.5, 0.6) is 11.5 Å². The van der Waals surface area contributed by atoms with Crippen molar-refractivity contribution in [3.05, 3.63) is 23.8 Å². The van der Waals surface area contributed by atoms with E-state index in [9.17, 15) is 5.11 Å². The van der Waals surface area contributed by atoms with Gasteiger partial charge < -0.3 is 30.0 Å². The fourth-order valence-corrected chi connectivity index (χ4v) is 4.29. The van der Waals surface area contributed by atoms with E-state index >= 15 is 0 Å². The maximum atomic E-state index is 10.7. The Labute approximate surface area is 189 Å². The Kier molecular flexibility index (Phi) is 11.7. The molecular formula is C25H44N2O4. The number of ether oxygens (including phenoxy) is 3. The van der Waals surface area contributed by atoms with Gasteiger partial charge in [0.25, 0.3) is 0 Å². The summed E-state index contributed by atoms with van der Waals surface area (Å²) in [6.45, 7) is 8.59. The third-order valence-electron chi connectivity index (χ3n) is 6.38. The number of methoxy groups -OCH3 is 2. The van der Waals surface area contributed by atoms with E-state index in [1.54, 1.807) is 14.2 Å². The molecule has 0 aliphatic carbocycles. The molecule has 0 amide bonds. The number of nitrogens with zero attached hydrogens (tertiary/aromatic N) is 1. The fourth-order valence-electron chi connectivity index (χ4n) is 4.29. The summed E-state index contributed by atoms with van der Waals surface area (Å²) in [6.07, 6.45) is 5.82. The van der Waals surface area contributed by atoms with Gasteiger partial charge in [0, 0.05) is 32.7 Å². The summed E-state index contributed by atoms with van der Waals surface area (Å²) < 4.78 is 16.5. The summed E-state index contributed by atoms with van der Waals surface area (Å²) >= 11 is 0. The van der Waals surface area contributed by atoms with Crippen LogP contribution in [0.2, 0.25) is 0 Å². The largest absolute Gasteiger partial charge is 0.493 e. The molecule has 0 saturated carbocycles. The highest BCUT2D eigenvalue weighted by Crippen LogP contribution is 2.31. The first kappa shape index (κ1) is 25.9. The zero-order valence-corrected chi connectivity index (χ0v) is 20.0. The van der Waals surface area contributed by atoms with Crippen LogP contribution in [0.15, 0.2) is 18.2 Å². The monoisotopic (exact) mass is 436 g/mol. The van der Waals surface area contributed by atoms with Crippen molar-refractivity contribution in [1.82, 2.24) is 4.90 Å². The predicted molar refractivity (Wildman–Crippen MR) is 126 cm³/mol. The average molecular weight is 437 g/mol. The standard InChI is InChI=1S/C25H44N2O4/c1-19(2)21(17-22(26)23(28)18-27-11-6-5-7-12-27)15-20-9-10-24(30-4)25(16-20)31-14-8-13-29-3/h9-10,16,19,21-23,28H,5-8,11-15,17-18,26H2,1-4H3/t21-,22-,23?/m0/s1. The summed E-state index contributed by atoms with van der Waals surface area (Å²) in [7, 11) is 3.36. The molecule has 1 aliphatic rings. The zero-order valence-electron chi connectivity index (χ0n) is 20.0. The van der Waals surface area contributed by atoms with E-state index in [-0.39, 0.29) is 6.04 Å². The molecule has 3 atom stereocenters. The zero-order chi connectivity index (χ0) is 22.6. The molecule has 0 spiro atoms. The summed E-state index contributed by atoms with van der Waals surface area (Å²) in [5, 5.41) is 10.7. The maximum Gasteiger partial charge on any atom is 0.161 e. The van der Waals surface area contributed by atoms with Crippen LogP contribution in [0.3, 0.4) is 0 Å². The molecule has 1 saturated heterocycles. The minimum Gasteiger partial charge on any atom is -0.493 e. The molecule has 0 radical (unpaired) electrons. The van der Waals surface area contributed by atoms with Crippen molar-refractivity contribution in [3.8, 4) is 11.5 Å². The Morgan fingerprint density at radius 1 is 1.06 bits per heavy atom. The lowest BCUT2D eigenvalue weighted by atomic mass is 9.83. The Morgan fingerprint density at radius 2 is 1.81 bits per heavy atom. The van der Waals surface area contributed by atoms with Gasteiger partial charge in [-0.15, -0.1) is 0 Å². The molecule has 1 aliphatic heterocycles. The molecule has 6 heteroatoms. The second-order valence-electron chi connectivity index (χ2n) is 9.22. The normalized spacial score (nSPS) is 18.0. The molecule has 178 valence electrons. The SMILES string of the molecule is COCCCOc1cc(C[C@@H](C[C@H](N)C(O)CN2CCCCC2)C(C)C)ccc1OC. The third-order valence-corrected chi connectivity index (χ3v) is 6.38. The predicted octanol–water partition coefficient (Wildman–Crippen LogP) is 3.49. The Bertz CT molecular complexity index is 620. The lowest BCUT2D eigenvalue weighted by molar-refractivity contribution is 0.0722. The number of hydrogen-bond acceptors (Lipinski definition) is 6. The Morgan fingerprint density at radius 3 is 2.45 bits per heavy atom. The number of benzene rings is 1. The van der Waals surface area contributed by atoms with Gasteiger partial charge >= 0.3 is 0 Å². The van der Waals surface area contributed by atoms with E-state index in [0.717, 1.165) is 43.9 Å². The van der Waals surface area contributed by atoms with Crippen LogP contribution in [0.4, 0.5) is 0 Å². The molecule has 2 rings (SSSR count). The number of β-amino-alcohol motifs (C(OH)–C–C–N with tert-alkyl or cyclic N) is 1. The van der Waals surface area contributed by atoms with Crippen LogP contribution in [0, 0.1) is 11.8 Å². The van der Waals surface area contributed by atoms with E-state index in [0.29, 0.717) is 31.6 Å². The highest BCUT2D eigenvalue weighted by Gasteiger charge is 2.25. The van der Waals surface area contributed by atoms with Crippen molar-refractivity contribution in [2.24, 2.45) is 17.6 Å². The number of hydrogen-bond donors (Lipinski definition) is 2. The van der Waals surface area contributed by atoms with E-state index < -0.39 is 6.10 Å². The number of aliphatic hydroxyl groups excluding tert-OH is 1. The quantitative estimate of drug-likeness (QED) is 0.435. The fraction of sp³-hybridized carbons (Fsp3) is 0.760. The number of piperidine rings is 1. The summed E-state index contributed by atoms with van der Waals surface area (Å²) in [5.41, 5.74) is 7.67. The molecule has 31 heavy (non-hydrogen) atoms. The summed E-state index contributed by atoms with van der Waals surface area (Å²) in [6, 6.07) is 5.95. The minimum atomic E-state index is -0.477. The van der Waals surface area contributed by atoms with E-state index in [1.165, 1.54) is 24.8 Å². The van der Waals surface area contributed by atoms with Gasteiger partial charge in [-0.3, -0.25) is 0 Å². The second kappa shape index (κ2) is 13.9. The first-order chi connectivity index (χ1) is 14.9.